The van der Waals surface area contributed by atoms with Gasteiger partial charge in [0.2, 0.25) is 0 Å². The molecular formula is C16H22Cl2. The van der Waals surface area contributed by atoms with Crippen LogP contribution in [0.3, 0.4) is 0 Å². The van der Waals surface area contributed by atoms with Gasteiger partial charge in [-0.25, -0.2) is 0 Å². The summed E-state index contributed by atoms with van der Waals surface area (Å²) in [5.41, 5.74) is 1.52. The summed E-state index contributed by atoms with van der Waals surface area (Å²) < 4.78 is 0. The predicted molar refractivity (Wildman–Crippen MR) is 80.4 cm³/mol. The lowest BCUT2D eigenvalue weighted by atomic mass is 9.73. The van der Waals surface area contributed by atoms with Gasteiger partial charge in [-0.15, -0.1) is 11.6 Å². The molecule has 0 aromatic heterocycles. The molecule has 0 amide bonds. The zero-order valence-electron chi connectivity index (χ0n) is 11.3. The van der Waals surface area contributed by atoms with E-state index in [2.05, 4.69) is 26.0 Å². The molecule has 1 aromatic carbocycles. The first-order valence-corrected chi connectivity index (χ1v) is 7.74. The summed E-state index contributed by atoms with van der Waals surface area (Å²) in [6, 6.07) is 8.06. The Labute approximate surface area is 121 Å². The molecule has 1 aliphatic carbocycles. The van der Waals surface area contributed by atoms with E-state index in [1.807, 2.05) is 12.1 Å². The van der Waals surface area contributed by atoms with E-state index in [1.54, 1.807) is 0 Å². The summed E-state index contributed by atoms with van der Waals surface area (Å²) in [6.07, 6.45) is 6.40. The lowest BCUT2D eigenvalue weighted by molar-refractivity contribution is 0.223. The quantitative estimate of drug-likeness (QED) is 0.575. The third kappa shape index (κ3) is 3.03. The molecule has 0 heterocycles. The van der Waals surface area contributed by atoms with Gasteiger partial charge < -0.3 is 0 Å². The second-order valence-corrected chi connectivity index (χ2v) is 6.95. The Morgan fingerprint density at radius 2 is 1.67 bits per heavy atom. The molecule has 0 radical (unpaired) electrons. The van der Waals surface area contributed by atoms with Crippen molar-refractivity contribution in [1.82, 2.24) is 0 Å². The van der Waals surface area contributed by atoms with Crippen LogP contribution in [0, 0.1) is 11.3 Å². The fraction of sp³-hybridized carbons (Fsp3) is 0.625. The van der Waals surface area contributed by atoms with Gasteiger partial charge in [-0.1, -0.05) is 50.4 Å². The van der Waals surface area contributed by atoms with Crippen molar-refractivity contribution in [2.45, 2.75) is 51.3 Å². The molecule has 18 heavy (non-hydrogen) atoms. The first-order valence-electron chi connectivity index (χ1n) is 6.93. The molecule has 0 nitrogen and oxygen atoms in total. The van der Waals surface area contributed by atoms with E-state index in [0.29, 0.717) is 11.3 Å². The summed E-state index contributed by atoms with van der Waals surface area (Å²) in [5, 5.41) is 0.909. The largest absolute Gasteiger partial charge is 0.117 e. The minimum absolute atomic E-state index is 0.125. The highest BCUT2D eigenvalue weighted by Gasteiger charge is 2.41. The van der Waals surface area contributed by atoms with Crippen LogP contribution in [-0.2, 0) is 0 Å². The molecule has 0 N–H and O–H groups in total. The molecule has 1 unspecified atom stereocenters. The monoisotopic (exact) mass is 284 g/mol. The highest BCUT2D eigenvalue weighted by Crippen LogP contribution is 2.54. The van der Waals surface area contributed by atoms with E-state index in [1.165, 1.54) is 37.7 Å². The van der Waals surface area contributed by atoms with Crippen LogP contribution in [-0.4, -0.2) is 0 Å². The fourth-order valence-corrected chi connectivity index (χ4v) is 4.02. The van der Waals surface area contributed by atoms with Crippen LogP contribution in [0.25, 0.3) is 0 Å². The van der Waals surface area contributed by atoms with Crippen molar-refractivity contribution in [3.05, 3.63) is 34.9 Å². The molecule has 1 fully saturated rings. The summed E-state index contributed by atoms with van der Waals surface area (Å²) in [4.78, 5) is 0. The number of halogens is 2. The van der Waals surface area contributed by atoms with Gasteiger partial charge in [-0.2, -0.15) is 0 Å². The average Bonchev–Trinajstić information content (AvgIpc) is 2.78. The predicted octanol–water partition coefficient (Wildman–Crippen LogP) is 6.23. The molecule has 1 aliphatic rings. The topological polar surface area (TPSA) is 0 Å². The van der Waals surface area contributed by atoms with Crippen LogP contribution in [0.2, 0.25) is 5.02 Å². The molecule has 2 rings (SSSR count). The minimum atomic E-state index is 0.125. The molecule has 1 aromatic rings. The van der Waals surface area contributed by atoms with Gasteiger partial charge in [0.1, 0.15) is 0 Å². The normalized spacial score (nSPS) is 20.3. The Bertz CT molecular complexity index is 375. The minimum Gasteiger partial charge on any atom is -0.117 e. The van der Waals surface area contributed by atoms with E-state index in [4.69, 9.17) is 23.2 Å². The van der Waals surface area contributed by atoms with Crippen molar-refractivity contribution in [3.63, 3.8) is 0 Å². The Morgan fingerprint density at radius 3 is 2.17 bits per heavy atom. The Hall–Kier alpha value is -0.200. The maximum atomic E-state index is 6.82. The van der Waals surface area contributed by atoms with Crippen LogP contribution < -0.4 is 0 Å². The molecule has 0 bridgehead atoms. The first-order chi connectivity index (χ1) is 8.53. The Balaban J connectivity index is 2.22. The maximum Gasteiger partial charge on any atom is 0.0641 e. The SMILES string of the molecule is CC(C)CC1(C(Cl)c2ccc(Cl)cc2)CCCC1. The van der Waals surface area contributed by atoms with Gasteiger partial charge in [0.25, 0.3) is 0 Å². The van der Waals surface area contributed by atoms with Gasteiger partial charge in [-0.3, -0.25) is 0 Å². The van der Waals surface area contributed by atoms with Crippen LogP contribution in [0.1, 0.15) is 56.9 Å². The van der Waals surface area contributed by atoms with Gasteiger partial charge >= 0.3 is 0 Å². The summed E-state index contributed by atoms with van der Waals surface area (Å²) in [6.45, 7) is 4.59. The van der Waals surface area contributed by atoms with Crippen LogP contribution in [0.5, 0.6) is 0 Å². The third-order valence-electron chi connectivity index (χ3n) is 4.11. The number of benzene rings is 1. The van der Waals surface area contributed by atoms with Crippen molar-refractivity contribution in [3.8, 4) is 0 Å². The summed E-state index contributed by atoms with van der Waals surface area (Å²) in [5.74, 6) is 0.705. The van der Waals surface area contributed by atoms with E-state index >= 15 is 0 Å². The fourth-order valence-electron chi connectivity index (χ4n) is 3.44. The van der Waals surface area contributed by atoms with Crippen molar-refractivity contribution in [1.29, 1.82) is 0 Å². The zero-order valence-corrected chi connectivity index (χ0v) is 12.8. The second kappa shape index (κ2) is 5.84. The lowest BCUT2D eigenvalue weighted by Crippen LogP contribution is -2.24. The van der Waals surface area contributed by atoms with Crippen molar-refractivity contribution in [2.75, 3.05) is 0 Å². The second-order valence-electron chi connectivity index (χ2n) is 6.08. The van der Waals surface area contributed by atoms with Crippen molar-refractivity contribution < 1.29 is 0 Å². The number of alkyl halides is 1. The highest BCUT2D eigenvalue weighted by atomic mass is 35.5. The lowest BCUT2D eigenvalue weighted by Gasteiger charge is -2.36. The molecule has 0 aliphatic heterocycles. The summed E-state index contributed by atoms with van der Waals surface area (Å²) in [7, 11) is 0. The molecule has 1 saturated carbocycles. The highest BCUT2D eigenvalue weighted by molar-refractivity contribution is 6.30. The molecule has 0 spiro atoms. The first kappa shape index (κ1) is 14.2. The number of rotatable bonds is 4. The summed E-state index contributed by atoms with van der Waals surface area (Å²) >= 11 is 12.8. The molecule has 2 heteroatoms. The number of hydrogen-bond donors (Lipinski definition) is 0. The van der Waals surface area contributed by atoms with Crippen molar-refractivity contribution in [2.24, 2.45) is 11.3 Å². The van der Waals surface area contributed by atoms with Crippen LogP contribution >= 0.6 is 23.2 Å². The number of hydrogen-bond acceptors (Lipinski definition) is 0. The molecule has 1 atom stereocenters. The van der Waals surface area contributed by atoms with Crippen LogP contribution in [0.4, 0.5) is 0 Å². The molecule has 0 saturated heterocycles. The van der Waals surface area contributed by atoms with E-state index in [9.17, 15) is 0 Å². The standard InChI is InChI=1S/C16H22Cl2/c1-12(2)11-16(9-3-4-10-16)15(18)13-5-7-14(17)8-6-13/h5-8,12,15H,3-4,9-11H2,1-2H3. The molecular weight excluding hydrogens is 263 g/mol. The van der Waals surface area contributed by atoms with Gasteiger partial charge in [-0.05, 0) is 48.3 Å². The van der Waals surface area contributed by atoms with E-state index in [-0.39, 0.29) is 5.38 Å². The smallest absolute Gasteiger partial charge is 0.0641 e. The van der Waals surface area contributed by atoms with Crippen LogP contribution in [0.15, 0.2) is 24.3 Å². The molecule has 100 valence electrons. The van der Waals surface area contributed by atoms with Gasteiger partial charge in [0, 0.05) is 5.02 Å². The Kier molecular flexibility index (Phi) is 4.61. The average molecular weight is 285 g/mol. The van der Waals surface area contributed by atoms with Crippen molar-refractivity contribution >= 4 is 23.2 Å². The third-order valence-corrected chi connectivity index (χ3v) is 5.08. The van der Waals surface area contributed by atoms with E-state index < -0.39 is 0 Å². The van der Waals surface area contributed by atoms with E-state index in [0.717, 1.165) is 5.02 Å². The Morgan fingerprint density at radius 1 is 1.11 bits per heavy atom. The maximum absolute atomic E-state index is 6.82. The van der Waals surface area contributed by atoms with Gasteiger partial charge in [0.15, 0.2) is 0 Å². The van der Waals surface area contributed by atoms with Gasteiger partial charge in [0.05, 0.1) is 5.38 Å². The zero-order chi connectivity index (χ0) is 13.2.